The van der Waals surface area contributed by atoms with Crippen LogP contribution in [0.2, 0.25) is 0 Å². The van der Waals surface area contributed by atoms with E-state index in [-0.39, 0.29) is 42.6 Å². The van der Waals surface area contributed by atoms with Crippen molar-refractivity contribution < 1.29 is 32.2 Å². The monoisotopic (exact) mass is 577 g/mol. The molecule has 0 aliphatic rings. The third-order valence-corrected chi connectivity index (χ3v) is 7.74. The Labute approximate surface area is 232 Å². The number of carbonyl (C=O) groups excluding carboxylic acids is 2. The number of rotatable bonds is 14. The summed E-state index contributed by atoms with van der Waals surface area (Å²) < 4.78 is 45.7. The van der Waals surface area contributed by atoms with Gasteiger partial charge in [-0.25, -0.2) is 13.4 Å². The van der Waals surface area contributed by atoms with Gasteiger partial charge < -0.3 is 19.2 Å². The Morgan fingerprint density at radius 1 is 1.02 bits per heavy atom. The van der Waals surface area contributed by atoms with Crippen LogP contribution in [0.5, 0.6) is 5.75 Å². The van der Waals surface area contributed by atoms with Gasteiger partial charge in [0.2, 0.25) is 10.0 Å². The lowest BCUT2D eigenvalue weighted by molar-refractivity contribution is -0.141. The molecule has 13 nitrogen and oxygen atoms in total. The molecule has 3 rings (SSSR count). The van der Waals surface area contributed by atoms with Gasteiger partial charge in [-0.2, -0.15) is 9.40 Å². The highest BCUT2D eigenvalue weighted by molar-refractivity contribution is 7.89. The Hall–Kier alpha value is -3.78. The maximum Gasteiger partial charge on any atom is 0.302 e. The van der Waals surface area contributed by atoms with Gasteiger partial charge in [0.1, 0.15) is 30.3 Å². The minimum atomic E-state index is -4.17. The normalized spacial score (nSPS) is 11.7. The molecule has 0 fully saturated rings. The molecule has 1 N–H and O–H groups in total. The number of benzene rings is 1. The molecule has 2 heterocycles. The summed E-state index contributed by atoms with van der Waals surface area (Å²) in [5, 5.41) is 4.44. The summed E-state index contributed by atoms with van der Waals surface area (Å²) >= 11 is 0. The Bertz CT molecular complexity index is 1510. The SMILES string of the molecule is CCCOc1ccc(S(=O)(=O)N(CCOC(C)=O)CCOC(C)=O)cc1-c1nc2c(CCC)nn(C)c2c(=O)[nH]1. The van der Waals surface area contributed by atoms with Crippen LogP contribution >= 0.6 is 0 Å². The van der Waals surface area contributed by atoms with Crippen LogP contribution in [0.25, 0.3) is 22.4 Å². The van der Waals surface area contributed by atoms with E-state index in [9.17, 15) is 22.8 Å². The van der Waals surface area contributed by atoms with Gasteiger partial charge in [-0.3, -0.25) is 19.1 Å². The summed E-state index contributed by atoms with van der Waals surface area (Å²) in [6.45, 7) is 6.02. The average Bonchev–Trinajstić information content (AvgIpc) is 3.21. The second kappa shape index (κ2) is 13.5. The van der Waals surface area contributed by atoms with Gasteiger partial charge in [0.15, 0.2) is 5.52 Å². The summed E-state index contributed by atoms with van der Waals surface area (Å²) in [5.74, 6) is -0.631. The van der Waals surface area contributed by atoms with Crippen molar-refractivity contribution >= 4 is 33.0 Å². The molecule has 0 unspecified atom stereocenters. The number of aryl methyl sites for hydroxylation is 2. The van der Waals surface area contributed by atoms with Crippen molar-refractivity contribution in [1.29, 1.82) is 0 Å². The van der Waals surface area contributed by atoms with Gasteiger partial charge in [-0.15, -0.1) is 0 Å². The first kappa shape index (κ1) is 30.8. The van der Waals surface area contributed by atoms with Crippen LogP contribution in [0, 0.1) is 0 Å². The van der Waals surface area contributed by atoms with Crippen LogP contribution in [-0.4, -0.2) is 77.3 Å². The third kappa shape index (κ3) is 7.24. The van der Waals surface area contributed by atoms with Gasteiger partial charge in [0, 0.05) is 34.0 Å². The number of esters is 2. The fourth-order valence-electron chi connectivity index (χ4n) is 4.06. The number of carbonyl (C=O) groups is 2. The average molecular weight is 578 g/mol. The zero-order chi connectivity index (χ0) is 29.4. The molecule has 1 aromatic carbocycles. The summed E-state index contributed by atoms with van der Waals surface area (Å²) in [6, 6.07) is 4.28. The summed E-state index contributed by atoms with van der Waals surface area (Å²) in [6.07, 6.45) is 2.11. The Kier molecular flexibility index (Phi) is 10.4. The van der Waals surface area contributed by atoms with Crippen molar-refractivity contribution in [2.75, 3.05) is 32.9 Å². The molecule has 2 aromatic heterocycles. The molecule has 0 atom stereocenters. The lowest BCUT2D eigenvalue weighted by Gasteiger charge is -2.22. The highest BCUT2D eigenvalue weighted by Gasteiger charge is 2.27. The molecule has 14 heteroatoms. The standard InChI is InChI=1S/C26H35N5O8S/c1-6-8-21-23-24(30(5)29-21)26(34)28-25(27-23)20-16-19(9-10-22(20)39-13-7-2)40(35,36)31(11-14-37-17(3)32)12-15-38-18(4)33/h9-10,16H,6-8,11-15H2,1-5H3,(H,27,28,34). The first-order valence-corrected chi connectivity index (χ1v) is 14.4. The van der Waals surface area contributed by atoms with Crippen molar-refractivity contribution in [3.63, 3.8) is 0 Å². The number of ether oxygens (including phenoxy) is 3. The number of fused-ring (bicyclic) bond motifs is 1. The number of nitrogens with zero attached hydrogens (tertiary/aromatic N) is 4. The van der Waals surface area contributed by atoms with E-state index in [1.807, 2.05) is 13.8 Å². The largest absolute Gasteiger partial charge is 0.493 e. The minimum Gasteiger partial charge on any atom is -0.493 e. The maximum atomic E-state index is 13.7. The molecular weight excluding hydrogens is 542 g/mol. The quantitative estimate of drug-likeness (QED) is 0.281. The number of sulfonamides is 1. The maximum absolute atomic E-state index is 13.7. The van der Waals surface area contributed by atoms with Crippen LogP contribution < -0.4 is 10.3 Å². The Balaban J connectivity index is 2.12. The van der Waals surface area contributed by atoms with Crippen molar-refractivity contribution in [2.24, 2.45) is 7.05 Å². The number of aromatic nitrogens is 4. The van der Waals surface area contributed by atoms with Crippen molar-refractivity contribution in [2.45, 2.75) is 51.9 Å². The number of H-pyrrole nitrogens is 1. The molecule has 40 heavy (non-hydrogen) atoms. The predicted molar refractivity (Wildman–Crippen MR) is 146 cm³/mol. The molecule has 3 aromatic rings. The van der Waals surface area contributed by atoms with Gasteiger partial charge in [-0.1, -0.05) is 20.3 Å². The van der Waals surface area contributed by atoms with Gasteiger partial charge in [0.25, 0.3) is 5.56 Å². The first-order valence-electron chi connectivity index (χ1n) is 13.0. The van der Waals surface area contributed by atoms with E-state index >= 15 is 0 Å². The summed E-state index contributed by atoms with van der Waals surface area (Å²) in [7, 11) is -2.50. The second-order valence-corrected chi connectivity index (χ2v) is 11.0. The summed E-state index contributed by atoms with van der Waals surface area (Å²) in [5.41, 5.74) is 1.27. The van der Waals surface area contributed by atoms with E-state index in [1.54, 1.807) is 7.05 Å². The van der Waals surface area contributed by atoms with E-state index in [2.05, 4.69) is 15.1 Å². The second-order valence-electron chi connectivity index (χ2n) is 9.02. The van der Waals surface area contributed by atoms with Crippen molar-refractivity contribution in [3.05, 3.63) is 34.2 Å². The molecule has 0 aliphatic carbocycles. The van der Waals surface area contributed by atoms with E-state index in [4.69, 9.17) is 14.2 Å². The highest BCUT2D eigenvalue weighted by Crippen LogP contribution is 2.32. The first-order chi connectivity index (χ1) is 19.0. The van der Waals surface area contributed by atoms with Crippen LogP contribution in [0.3, 0.4) is 0 Å². The topological polar surface area (TPSA) is 163 Å². The molecule has 0 saturated heterocycles. The summed E-state index contributed by atoms with van der Waals surface area (Å²) in [4.78, 5) is 42.9. The smallest absolute Gasteiger partial charge is 0.302 e. The van der Waals surface area contributed by atoms with Crippen LogP contribution in [0.4, 0.5) is 0 Å². The molecule has 0 bridgehead atoms. The van der Waals surface area contributed by atoms with Gasteiger partial charge in [0.05, 0.1) is 22.8 Å². The zero-order valence-corrected chi connectivity index (χ0v) is 24.2. The highest BCUT2D eigenvalue weighted by atomic mass is 32.2. The molecule has 0 saturated carbocycles. The molecule has 0 spiro atoms. The molecular formula is C26H35N5O8S. The molecule has 0 aliphatic heterocycles. The number of hydrogen-bond donors (Lipinski definition) is 1. The van der Waals surface area contributed by atoms with Gasteiger partial charge in [-0.05, 0) is 31.0 Å². The minimum absolute atomic E-state index is 0.111. The Morgan fingerprint density at radius 2 is 1.68 bits per heavy atom. The van der Waals surface area contributed by atoms with Crippen LogP contribution in [0.1, 0.15) is 46.2 Å². The predicted octanol–water partition coefficient (Wildman–Crippen LogP) is 2.18. The van der Waals surface area contributed by atoms with E-state index in [1.165, 1.54) is 36.7 Å². The molecule has 218 valence electrons. The molecule has 0 amide bonds. The van der Waals surface area contributed by atoms with E-state index in [0.717, 1.165) is 10.7 Å². The third-order valence-electron chi connectivity index (χ3n) is 5.85. The van der Waals surface area contributed by atoms with E-state index < -0.39 is 27.5 Å². The Morgan fingerprint density at radius 3 is 2.25 bits per heavy atom. The lowest BCUT2D eigenvalue weighted by atomic mass is 10.1. The van der Waals surface area contributed by atoms with Crippen molar-refractivity contribution in [1.82, 2.24) is 24.1 Å². The van der Waals surface area contributed by atoms with Gasteiger partial charge >= 0.3 is 11.9 Å². The van der Waals surface area contributed by atoms with Crippen LogP contribution in [-0.2, 0) is 42.6 Å². The zero-order valence-electron chi connectivity index (χ0n) is 23.4. The van der Waals surface area contributed by atoms with Crippen LogP contribution in [0.15, 0.2) is 27.9 Å². The fraction of sp³-hybridized carbons (Fsp3) is 0.500. The van der Waals surface area contributed by atoms with E-state index in [0.29, 0.717) is 41.9 Å². The fourth-order valence-corrected chi connectivity index (χ4v) is 5.49. The number of nitrogens with one attached hydrogen (secondary N) is 1. The lowest BCUT2D eigenvalue weighted by Crippen LogP contribution is -2.37. The molecule has 0 radical (unpaired) electrons. The number of aromatic amines is 1. The van der Waals surface area contributed by atoms with Crippen molar-refractivity contribution in [3.8, 4) is 17.1 Å². The number of hydrogen-bond acceptors (Lipinski definition) is 10.